The molecule has 1 aliphatic rings. The number of nitrogens with one attached hydrogen (secondary N) is 1. The average Bonchev–Trinajstić information content (AvgIpc) is 2.39. The van der Waals surface area contributed by atoms with Gasteiger partial charge in [0.05, 0.1) is 0 Å². The van der Waals surface area contributed by atoms with Crippen LogP contribution in [0.2, 0.25) is 0 Å². The van der Waals surface area contributed by atoms with Crippen molar-refractivity contribution in [3.05, 3.63) is 35.9 Å². The molecule has 0 aromatic heterocycles. The minimum atomic E-state index is -0.997. The van der Waals surface area contributed by atoms with Crippen molar-refractivity contribution in [3.63, 3.8) is 0 Å². The van der Waals surface area contributed by atoms with E-state index in [4.69, 9.17) is 5.11 Å². The average molecular weight is 248 g/mol. The summed E-state index contributed by atoms with van der Waals surface area (Å²) < 4.78 is 0. The van der Waals surface area contributed by atoms with Crippen molar-refractivity contribution in [2.75, 3.05) is 13.1 Å². The summed E-state index contributed by atoms with van der Waals surface area (Å²) in [6, 6.07) is 9.10. The number of hydrogen-bond donors (Lipinski definition) is 2. The van der Waals surface area contributed by atoms with Gasteiger partial charge < -0.3 is 15.3 Å². The SMILES string of the molecule is O=C(O)NC1CCN(C(=O)c2ccccc2)CC1. The first-order valence-electron chi connectivity index (χ1n) is 6.00. The number of carboxylic acid groups (broad SMARTS) is 1. The minimum absolute atomic E-state index is 0.0179. The lowest BCUT2D eigenvalue weighted by Gasteiger charge is -2.31. The smallest absolute Gasteiger partial charge is 0.404 e. The molecule has 0 spiro atoms. The summed E-state index contributed by atoms with van der Waals surface area (Å²) in [6.45, 7) is 1.19. The number of benzene rings is 1. The number of nitrogens with zero attached hydrogens (tertiary/aromatic N) is 1. The predicted molar refractivity (Wildman–Crippen MR) is 66.5 cm³/mol. The first-order chi connectivity index (χ1) is 8.66. The van der Waals surface area contributed by atoms with E-state index in [9.17, 15) is 9.59 Å². The zero-order valence-corrected chi connectivity index (χ0v) is 10.0. The molecule has 2 N–H and O–H groups in total. The summed E-state index contributed by atoms with van der Waals surface area (Å²) in [6.07, 6.45) is 0.346. The summed E-state index contributed by atoms with van der Waals surface area (Å²) in [7, 11) is 0. The molecule has 1 heterocycles. The van der Waals surface area contributed by atoms with Crippen LogP contribution in [0.3, 0.4) is 0 Å². The summed E-state index contributed by atoms with van der Waals surface area (Å²) >= 11 is 0. The van der Waals surface area contributed by atoms with Gasteiger partial charge in [-0.05, 0) is 25.0 Å². The Morgan fingerprint density at radius 1 is 1.17 bits per heavy atom. The molecule has 1 saturated heterocycles. The third-order valence-corrected chi connectivity index (χ3v) is 3.13. The van der Waals surface area contributed by atoms with Crippen LogP contribution in [-0.2, 0) is 0 Å². The van der Waals surface area contributed by atoms with Crippen molar-refractivity contribution in [1.29, 1.82) is 0 Å². The Hall–Kier alpha value is -2.04. The van der Waals surface area contributed by atoms with Gasteiger partial charge in [-0.2, -0.15) is 0 Å². The van der Waals surface area contributed by atoms with Crippen LogP contribution in [-0.4, -0.2) is 41.1 Å². The normalized spacial score (nSPS) is 16.3. The van der Waals surface area contributed by atoms with Crippen molar-refractivity contribution in [2.24, 2.45) is 0 Å². The predicted octanol–water partition coefficient (Wildman–Crippen LogP) is 1.56. The highest BCUT2D eigenvalue weighted by atomic mass is 16.4. The lowest BCUT2D eigenvalue weighted by molar-refractivity contribution is 0.0706. The number of carbonyl (C=O) groups is 2. The number of piperidine rings is 1. The van der Waals surface area contributed by atoms with Gasteiger partial charge in [0.25, 0.3) is 5.91 Å². The largest absolute Gasteiger partial charge is 0.465 e. The third-order valence-electron chi connectivity index (χ3n) is 3.13. The van der Waals surface area contributed by atoms with Crippen LogP contribution in [0.1, 0.15) is 23.2 Å². The van der Waals surface area contributed by atoms with Gasteiger partial charge in [-0.15, -0.1) is 0 Å². The molecule has 0 bridgehead atoms. The highest BCUT2D eigenvalue weighted by Gasteiger charge is 2.24. The molecule has 5 heteroatoms. The molecule has 96 valence electrons. The van der Waals surface area contributed by atoms with E-state index >= 15 is 0 Å². The molecule has 1 aliphatic heterocycles. The molecule has 1 aromatic rings. The zero-order valence-electron chi connectivity index (χ0n) is 10.0. The monoisotopic (exact) mass is 248 g/mol. The van der Waals surface area contributed by atoms with Gasteiger partial charge in [0.2, 0.25) is 0 Å². The molecule has 0 radical (unpaired) electrons. The van der Waals surface area contributed by atoms with Crippen LogP contribution in [0.5, 0.6) is 0 Å². The number of amides is 2. The van der Waals surface area contributed by atoms with Crippen molar-refractivity contribution >= 4 is 12.0 Å². The van der Waals surface area contributed by atoms with Crippen molar-refractivity contribution in [2.45, 2.75) is 18.9 Å². The van der Waals surface area contributed by atoms with Crippen LogP contribution in [0.4, 0.5) is 4.79 Å². The Morgan fingerprint density at radius 2 is 1.78 bits per heavy atom. The fourth-order valence-corrected chi connectivity index (χ4v) is 2.16. The Labute approximate surface area is 105 Å². The molecular formula is C13H16N2O3. The summed E-state index contributed by atoms with van der Waals surface area (Å²) in [5.41, 5.74) is 0.683. The molecule has 1 fully saturated rings. The molecule has 0 atom stereocenters. The number of rotatable bonds is 2. The van der Waals surface area contributed by atoms with E-state index in [1.807, 2.05) is 18.2 Å². The molecule has 2 amide bonds. The van der Waals surface area contributed by atoms with Gasteiger partial charge in [0.1, 0.15) is 0 Å². The number of hydrogen-bond acceptors (Lipinski definition) is 2. The maximum Gasteiger partial charge on any atom is 0.404 e. The van der Waals surface area contributed by atoms with Crippen LogP contribution in [0.25, 0.3) is 0 Å². The van der Waals surface area contributed by atoms with E-state index in [1.165, 1.54) is 0 Å². The Balaban J connectivity index is 1.90. The van der Waals surface area contributed by atoms with Crippen LogP contribution in [0, 0.1) is 0 Å². The van der Waals surface area contributed by atoms with E-state index in [-0.39, 0.29) is 11.9 Å². The van der Waals surface area contributed by atoms with Crippen molar-refractivity contribution in [3.8, 4) is 0 Å². The van der Waals surface area contributed by atoms with Gasteiger partial charge >= 0.3 is 6.09 Å². The summed E-state index contributed by atoms with van der Waals surface area (Å²) in [4.78, 5) is 24.4. The fraction of sp³-hybridized carbons (Fsp3) is 0.385. The maximum atomic E-state index is 12.1. The topological polar surface area (TPSA) is 69.6 Å². The molecule has 0 saturated carbocycles. The Morgan fingerprint density at radius 3 is 2.33 bits per heavy atom. The molecule has 0 aliphatic carbocycles. The molecular weight excluding hydrogens is 232 g/mol. The van der Waals surface area contributed by atoms with Gasteiger partial charge in [-0.3, -0.25) is 4.79 Å². The third kappa shape index (κ3) is 3.00. The highest BCUT2D eigenvalue weighted by molar-refractivity contribution is 5.94. The second-order valence-electron chi connectivity index (χ2n) is 4.38. The fourth-order valence-electron chi connectivity index (χ4n) is 2.16. The maximum absolute atomic E-state index is 12.1. The molecule has 5 nitrogen and oxygen atoms in total. The second kappa shape index (κ2) is 5.53. The van der Waals surface area contributed by atoms with E-state index in [2.05, 4.69) is 5.32 Å². The quantitative estimate of drug-likeness (QED) is 0.834. The van der Waals surface area contributed by atoms with Gasteiger partial charge in [0, 0.05) is 24.7 Å². The van der Waals surface area contributed by atoms with Gasteiger partial charge in [0.15, 0.2) is 0 Å². The molecule has 2 rings (SSSR count). The summed E-state index contributed by atoms with van der Waals surface area (Å²) in [5, 5.41) is 11.1. The van der Waals surface area contributed by atoms with E-state index in [1.54, 1.807) is 17.0 Å². The minimum Gasteiger partial charge on any atom is -0.465 e. The van der Waals surface area contributed by atoms with Crippen LogP contribution < -0.4 is 5.32 Å². The van der Waals surface area contributed by atoms with Crippen molar-refractivity contribution in [1.82, 2.24) is 10.2 Å². The lowest BCUT2D eigenvalue weighted by Crippen LogP contribution is -2.46. The second-order valence-corrected chi connectivity index (χ2v) is 4.38. The van der Waals surface area contributed by atoms with Gasteiger partial charge in [-0.25, -0.2) is 4.79 Å². The van der Waals surface area contributed by atoms with Crippen LogP contribution >= 0.6 is 0 Å². The molecule has 18 heavy (non-hydrogen) atoms. The Kier molecular flexibility index (Phi) is 3.82. The van der Waals surface area contributed by atoms with E-state index in [0.29, 0.717) is 31.5 Å². The summed E-state index contributed by atoms with van der Waals surface area (Å²) in [5.74, 6) is 0.0179. The lowest BCUT2D eigenvalue weighted by atomic mass is 10.0. The van der Waals surface area contributed by atoms with Gasteiger partial charge in [-0.1, -0.05) is 18.2 Å². The Bertz CT molecular complexity index is 425. The van der Waals surface area contributed by atoms with E-state index < -0.39 is 6.09 Å². The first kappa shape index (κ1) is 12.4. The number of carbonyl (C=O) groups excluding carboxylic acids is 1. The van der Waals surface area contributed by atoms with Crippen LogP contribution in [0.15, 0.2) is 30.3 Å². The molecule has 1 aromatic carbocycles. The number of likely N-dealkylation sites (tertiary alicyclic amines) is 1. The zero-order chi connectivity index (χ0) is 13.0. The first-order valence-corrected chi connectivity index (χ1v) is 6.00. The van der Waals surface area contributed by atoms with E-state index in [0.717, 1.165) is 0 Å². The highest BCUT2D eigenvalue weighted by Crippen LogP contribution is 2.13. The van der Waals surface area contributed by atoms with Crippen molar-refractivity contribution < 1.29 is 14.7 Å². The standard InChI is InChI=1S/C13H16N2O3/c16-12(10-4-2-1-3-5-10)15-8-6-11(7-9-15)14-13(17)18/h1-5,11,14H,6-9H2,(H,17,18). The molecule has 0 unspecified atom stereocenters.